The lowest BCUT2D eigenvalue weighted by atomic mass is 10.1. The number of methoxy groups -OCH3 is 3. The summed E-state index contributed by atoms with van der Waals surface area (Å²) in [6.45, 7) is 2.83. The minimum atomic E-state index is 0.437. The molecule has 1 heterocycles. The molecule has 2 aliphatic rings. The Morgan fingerprint density at radius 1 is 1.07 bits per heavy atom. The minimum Gasteiger partial charge on any atom is -0.496 e. The van der Waals surface area contributed by atoms with E-state index in [1.54, 1.807) is 21.3 Å². The normalized spacial score (nSPS) is 21.0. The van der Waals surface area contributed by atoms with Crippen molar-refractivity contribution in [3.8, 4) is 17.2 Å². The Morgan fingerprint density at radius 2 is 1.75 bits per heavy atom. The van der Waals surface area contributed by atoms with Gasteiger partial charge in [0, 0.05) is 44.4 Å². The standard InChI is InChI=1S/C21H34N4O3/c1-22-21(24-15-9-10-25(14-15)16-7-5-6-8-16)23-13-18-19(27-3)11-17(26-2)12-20(18)28-4/h11-12,15-16H,5-10,13-14H2,1-4H3,(H2,22,23,24). The Labute approximate surface area is 168 Å². The number of rotatable bonds is 7. The molecule has 1 aliphatic carbocycles. The van der Waals surface area contributed by atoms with Gasteiger partial charge in [-0.3, -0.25) is 9.89 Å². The second-order valence-corrected chi connectivity index (χ2v) is 7.50. The molecule has 2 fully saturated rings. The zero-order valence-electron chi connectivity index (χ0n) is 17.6. The number of likely N-dealkylation sites (tertiary alicyclic amines) is 1. The van der Waals surface area contributed by atoms with Crippen LogP contribution in [0.5, 0.6) is 17.2 Å². The molecule has 1 aromatic carbocycles. The van der Waals surface area contributed by atoms with Gasteiger partial charge in [-0.2, -0.15) is 0 Å². The van der Waals surface area contributed by atoms with E-state index in [2.05, 4.69) is 20.5 Å². The highest BCUT2D eigenvalue weighted by Crippen LogP contribution is 2.34. The quantitative estimate of drug-likeness (QED) is 0.550. The van der Waals surface area contributed by atoms with Crippen LogP contribution < -0.4 is 24.8 Å². The van der Waals surface area contributed by atoms with Gasteiger partial charge in [0.1, 0.15) is 17.2 Å². The highest BCUT2D eigenvalue weighted by atomic mass is 16.5. The predicted octanol–water partition coefficient (Wildman–Crippen LogP) is 2.39. The van der Waals surface area contributed by atoms with Gasteiger partial charge >= 0.3 is 0 Å². The Hall–Kier alpha value is -2.15. The summed E-state index contributed by atoms with van der Waals surface area (Å²) in [5.41, 5.74) is 0.938. The van der Waals surface area contributed by atoms with E-state index < -0.39 is 0 Å². The number of nitrogens with one attached hydrogen (secondary N) is 2. The van der Waals surface area contributed by atoms with E-state index in [4.69, 9.17) is 14.2 Å². The van der Waals surface area contributed by atoms with Crippen molar-refractivity contribution in [3.05, 3.63) is 17.7 Å². The molecule has 1 saturated heterocycles. The highest BCUT2D eigenvalue weighted by molar-refractivity contribution is 5.80. The molecule has 1 atom stereocenters. The number of benzene rings is 1. The van der Waals surface area contributed by atoms with Crippen molar-refractivity contribution in [3.63, 3.8) is 0 Å². The van der Waals surface area contributed by atoms with Gasteiger partial charge in [-0.25, -0.2) is 0 Å². The fourth-order valence-electron chi connectivity index (χ4n) is 4.32. The first-order valence-corrected chi connectivity index (χ1v) is 10.2. The second-order valence-electron chi connectivity index (χ2n) is 7.50. The van der Waals surface area contributed by atoms with Crippen molar-refractivity contribution in [1.82, 2.24) is 15.5 Å². The largest absolute Gasteiger partial charge is 0.496 e. The van der Waals surface area contributed by atoms with Crippen LogP contribution in [0.3, 0.4) is 0 Å². The first kappa shape index (κ1) is 20.6. The van der Waals surface area contributed by atoms with Crippen LogP contribution in [0.25, 0.3) is 0 Å². The molecule has 7 nitrogen and oxygen atoms in total. The molecule has 0 spiro atoms. The number of guanidine groups is 1. The second kappa shape index (κ2) is 9.87. The van der Waals surface area contributed by atoms with Gasteiger partial charge in [-0.05, 0) is 19.3 Å². The summed E-state index contributed by atoms with van der Waals surface area (Å²) < 4.78 is 16.4. The molecular formula is C21H34N4O3. The average Bonchev–Trinajstić information content (AvgIpc) is 3.42. The molecule has 1 aliphatic heterocycles. The zero-order chi connectivity index (χ0) is 19.9. The number of hydrogen-bond donors (Lipinski definition) is 2. The maximum atomic E-state index is 5.53. The highest BCUT2D eigenvalue weighted by Gasteiger charge is 2.30. The molecular weight excluding hydrogens is 356 g/mol. The minimum absolute atomic E-state index is 0.437. The Balaban J connectivity index is 1.58. The van der Waals surface area contributed by atoms with Gasteiger partial charge in [-0.15, -0.1) is 0 Å². The lowest BCUT2D eigenvalue weighted by Crippen LogP contribution is -2.45. The molecule has 0 radical (unpaired) electrons. The summed E-state index contributed by atoms with van der Waals surface area (Å²) in [5.74, 6) is 2.97. The topological polar surface area (TPSA) is 67.4 Å². The molecule has 1 unspecified atom stereocenters. The number of nitrogens with zero attached hydrogens (tertiary/aromatic N) is 2. The summed E-state index contributed by atoms with van der Waals surface area (Å²) in [4.78, 5) is 7.05. The van der Waals surface area contributed by atoms with E-state index in [9.17, 15) is 0 Å². The Morgan fingerprint density at radius 3 is 2.32 bits per heavy atom. The van der Waals surface area contributed by atoms with Crippen molar-refractivity contribution >= 4 is 5.96 Å². The summed E-state index contributed by atoms with van der Waals surface area (Å²) >= 11 is 0. The lowest BCUT2D eigenvalue weighted by molar-refractivity contribution is 0.242. The molecule has 7 heteroatoms. The van der Waals surface area contributed by atoms with E-state index in [-0.39, 0.29) is 0 Å². The summed E-state index contributed by atoms with van der Waals surface area (Å²) in [6, 6.07) is 4.96. The van der Waals surface area contributed by atoms with Crippen LogP contribution in [0.15, 0.2) is 17.1 Å². The first-order valence-electron chi connectivity index (χ1n) is 10.2. The molecule has 3 rings (SSSR count). The molecule has 2 N–H and O–H groups in total. The van der Waals surface area contributed by atoms with Crippen LogP contribution in [0.4, 0.5) is 0 Å². The van der Waals surface area contributed by atoms with Gasteiger partial charge in [0.25, 0.3) is 0 Å². The van der Waals surface area contributed by atoms with Crippen LogP contribution in [-0.4, -0.2) is 64.4 Å². The molecule has 0 amide bonds. The molecule has 1 saturated carbocycles. The fourth-order valence-corrected chi connectivity index (χ4v) is 4.32. The van der Waals surface area contributed by atoms with Crippen LogP contribution in [-0.2, 0) is 6.54 Å². The van der Waals surface area contributed by atoms with Crippen molar-refractivity contribution in [2.45, 2.75) is 50.7 Å². The Bertz CT molecular complexity index is 649. The van der Waals surface area contributed by atoms with Gasteiger partial charge in [0.15, 0.2) is 5.96 Å². The molecule has 28 heavy (non-hydrogen) atoms. The smallest absolute Gasteiger partial charge is 0.191 e. The maximum absolute atomic E-state index is 5.53. The van der Waals surface area contributed by atoms with Crippen LogP contribution in [0, 0.1) is 0 Å². The molecule has 0 bridgehead atoms. The first-order chi connectivity index (χ1) is 13.7. The van der Waals surface area contributed by atoms with E-state index in [0.29, 0.717) is 18.3 Å². The third kappa shape index (κ3) is 4.82. The zero-order valence-corrected chi connectivity index (χ0v) is 17.6. The molecule has 156 valence electrons. The van der Waals surface area contributed by atoms with Crippen LogP contribution >= 0.6 is 0 Å². The molecule has 0 aromatic heterocycles. The maximum Gasteiger partial charge on any atom is 0.191 e. The number of aliphatic imine (C=N–C) groups is 1. The Kier molecular flexibility index (Phi) is 7.25. The van der Waals surface area contributed by atoms with E-state index in [1.807, 2.05) is 19.2 Å². The van der Waals surface area contributed by atoms with Crippen molar-refractivity contribution in [2.24, 2.45) is 4.99 Å². The third-order valence-electron chi connectivity index (χ3n) is 5.87. The van der Waals surface area contributed by atoms with Crippen molar-refractivity contribution in [2.75, 3.05) is 41.5 Å². The molecule has 1 aromatic rings. The van der Waals surface area contributed by atoms with Gasteiger partial charge in [-0.1, -0.05) is 12.8 Å². The van der Waals surface area contributed by atoms with E-state index >= 15 is 0 Å². The monoisotopic (exact) mass is 390 g/mol. The average molecular weight is 391 g/mol. The summed E-state index contributed by atoms with van der Waals surface area (Å²) in [7, 11) is 6.75. The number of ether oxygens (including phenoxy) is 3. The third-order valence-corrected chi connectivity index (χ3v) is 5.87. The summed E-state index contributed by atoms with van der Waals surface area (Å²) in [6.07, 6.45) is 6.64. The van der Waals surface area contributed by atoms with Crippen LogP contribution in [0.1, 0.15) is 37.7 Å². The van der Waals surface area contributed by atoms with Gasteiger partial charge in [0.05, 0.1) is 33.4 Å². The van der Waals surface area contributed by atoms with Crippen molar-refractivity contribution in [1.29, 1.82) is 0 Å². The predicted molar refractivity (Wildman–Crippen MR) is 112 cm³/mol. The summed E-state index contributed by atoms with van der Waals surface area (Å²) in [5, 5.41) is 6.98. The van der Waals surface area contributed by atoms with Gasteiger partial charge < -0.3 is 24.8 Å². The van der Waals surface area contributed by atoms with E-state index in [0.717, 1.165) is 42.0 Å². The van der Waals surface area contributed by atoms with Crippen LogP contribution in [0.2, 0.25) is 0 Å². The lowest BCUT2D eigenvalue weighted by Gasteiger charge is -2.24. The fraction of sp³-hybridized carbons (Fsp3) is 0.667. The van der Waals surface area contributed by atoms with E-state index in [1.165, 1.54) is 32.2 Å². The number of hydrogen-bond acceptors (Lipinski definition) is 5. The van der Waals surface area contributed by atoms with Crippen molar-refractivity contribution < 1.29 is 14.2 Å². The van der Waals surface area contributed by atoms with Gasteiger partial charge in [0.2, 0.25) is 0 Å². The SMILES string of the molecule is CN=C(NCc1c(OC)cc(OC)cc1OC)NC1CCN(C2CCCC2)C1.